The average molecular weight is 463 g/mol. The molecule has 0 amide bonds. The second-order valence-electron chi connectivity index (χ2n) is 9.11. The van der Waals surface area contributed by atoms with E-state index in [4.69, 9.17) is 4.74 Å². The van der Waals surface area contributed by atoms with Crippen molar-refractivity contribution in [1.82, 2.24) is 10.3 Å². The third-order valence-corrected chi connectivity index (χ3v) is 6.40. The SMILES string of the molecule is C=C1C(C)Oc2c(F)cc(-c3cc(Nc4ccc5c(c4)CCNC5)ncc3F)cc2N1C(C)C. The van der Waals surface area contributed by atoms with Crippen LogP contribution in [0, 0.1) is 11.6 Å². The summed E-state index contributed by atoms with van der Waals surface area (Å²) in [6.07, 6.45) is 1.77. The molecule has 2 N–H and O–H groups in total. The molecule has 0 spiro atoms. The Morgan fingerprint density at radius 2 is 1.97 bits per heavy atom. The maximum atomic E-state index is 15.2. The Bertz CT molecular complexity index is 1270. The Balaban J connectivity index is 1.52. The van der Waals surface area contributed by atoms with Gasteiger partial charge in [0.1, 0.15) is 17.7 Å². The minimum atomic E-state index is -0.536. The standard InChI is InChI=1S/C27H28F2N4O/c1-15(2)33-16(3)17(4)34-27-23(28)10-20(11-25(27)33)22-12-26(31-14-24(22)29)32-21-6-5-19-13-30-8-7-18(19)9-21/h5-6,9-12,14-15,17,30H,3,7-8,13H2,1-2,4H3,(H,31,32). The van der Waals surface area contributed by atoms with Gasteiger partial charge in [-0.15, -0.1) is 0 Å². The van der Waals surface area contributed by atoms with Gasteiger partial charge in [0.25, 0.3) is 0 Å². The lowest BCUT2D eigenvalue weighted by atomic mass is 10.0. The quantitative estimate of drug-likeness (QED) is 0.504. The molecule has 1 atom stereocenters. The lowest BCUT2D eigenvalue weighted by molar-refractivity contribution is 0.229. The zero-order chi connectivity index (χ0) is 24.0. The van der Waals surface area contributed by atoms with E-state index in [9.17, 15) is 4.39 Å². The van der Waals surface area contributed by atoms with Gasteiger partial charge in [-0.2, -0.15) is 0 Å². The highest BCUT2D eigenvalue weighted by molar-refractivity contribution is 5.77. The number of hydrogen-bond acceptors (Lipinski definition) is 5. The summed E-state index contributed by atoms with van der Waals surface area (Å²) in [5.74, 6) is -0.417. The van der Waals surface area contributed by atoms with Gasteiger partial charge in [0.2, 0.25) is 0 Å². The molecule has 3 aromatic rings. The molecular weight excluding hydrogens is 434 g/mol. The summed E-state index contributed by atoms with van der Waals surface area (Å²) < 4.78 is 35.8. The minimum absolute atomic E-state index is 0.0333. The van der Waals surface area contributed by atoms with E-state index in [1.54, 1.807) is 12.1 Å². The van der Waals surface area contributed by atoms with E-state index in [-0.39, 0.29) is 23.5 Å². The van der Waals surface area contributed by atoms with Crippen molar-refractivity contribution in [3.63, 3.8) is 0 Å². The Morgan fingerprint density at radius 3 is 2.76 bits per heavy atom. The number of anilines is 3. The zero-order valence-corrected chi connectivity index (χ0v) is 19.6. The lowest BCUT2D eigenvalue weighted by Crippen LogP contribution is -2.40. The zero-order valence-electron chi connectivity index (χ0n) is 19.6. The van der Waals surface area contributed by atoms with Gasteiger partial charge in [-0.25, -0.2) is 13.8 Å². The highest BCUT2D eigenvalue weighted by Gasteiger charge is 2.31. The van der Waals surface area contributed by atoms with Crippen LogP contribution in [0.3, 0.4) is 0 Å². The van der Waals surface area contributed by atoms with Crippen LogP contribution < -0.4 is 20.3 Å². The number of hydrogen-bond donors (Lipinski definition) is 2. The summed E-state index contributed by atoms with van der Waals surface area (Å²) in [6, 6.07) is 10.9. The van der Waals surface area contributed by atoms with Crippen LogP contribution in [0.15, 0.2) is 54.9 Å². The molecular formula is C27H28F2N4O. The predicted octanol–water partition coefficient (Wildman–Crippen LogP) is 5.93. The molecule has 2 aliphatic rings. The van der Waals surface area contributed by atoms with E-state index in [0.29, 0.717) is 17.1 Å². The molecule has 0 fully saturated rings. The van der Waals surface area contributed by atoms with E-state index in [1.165, 1.54) is 17.2 Å². The number of aromatic nitrogens is 1. The fraction of sp³-hybridized carbons (Fsp3) is 0.296. The molecule has 0 saturated heterocycles. The van der Waals surface area contributed by atoms with E-state index < -0.39 is 11.6 Å². The van der Waals surface area contributed by atoms with Gasteiger partial charge in [0, 0.05) is 23.8 Å². The first-order valence-corrected chi connectivity index (χ1v) is 11.6. The van der Waals surface area contributed by atoms with Crippen LogP contribution in [0.5, 0.6) is 5.75 Å². The lowest BCUT2D eigenvalue weighted by Gasteiger charge is -2.39. The van der Waals surface area contributed by atoms with Crippen LogP contribution in [0.4, 0.5) is 26.0 Å². The summed E-state index contributed by atoms with van der Waals surface area (Å²) in [4.78, 5) is 6.15. The second kappa shape index (κ2) is 8.72. The molecule has 2 aromatic carbocycles. The van der Waals surface area contributed by atoms with Gasteiger partial charge in [-0.3, -0.25) is 0 Å². The van der Waals surface area contributed by atoms with Gasteiger partial charge in [0.15, 0.2) is 11.6 Å². The number of nitrogens with zero attached hydrogens (tertiary/aromatic N) is 2. The van der Waals surface area contributed by atoms with Crippen molar-refractivity contribution in [2.24, 2.45) is 0 Å². The fourth-order valence-electron chi connectivity index (χ4n) is 4.67. The van der Waals surface area contributed by atoms with Crippen molar-refractivity contribution < 1.29 is 13.5 Å². The average Bonchev–Trinajstić information content (AvgIpc) is 2.81. The van der Waals surface area contributed by atoms with E-state index in [0.717, 1.165) is 37.1 Å². The molecule has 0 aliphatic carbocycles. The number of benzene rings is 2. The molecule has 34 heavy (non-hydrogen) atoms. The Morgan fingerprint density at radius 1 is 1.15 bits per heavy atom. The Hall–Kier alpha value is -3.45. The molecule has 176 valence electrons. The van der Waals surface area contributed by atoms with Gasteiger partial charge >= 0.3 is 0 Å². The van der Waals surface area contributed by atoms with Crippen LogP contribution in [0.25, 0.3) is 11.1 Å². The molecule has 0 saturated carbocycles. The molecule has 5 nitrogen and oxygen atoms in total. The number of ether oxygens (including phenoxy) is 1. The van der Waals surface area contributed by atoms with E-state index in [1.807, 2.05) is 31.7 Å². The smallest absolute Gasteiger partial charge is 0.179 e. The molecule has 0 radical (unpaired) electrons. The maximum absolute atomic E-state index is 15.2. The van der Waals surface area contributed by atoms with Crippen molar-refractivity contribution in [3.8, 4) is 16.9 Å². The molecule has 1 unspecified atom stereocenters. The van der Waals surface area contributed by atoms with Gasteiger partial charge in [-0.05, 0) is 80.8 Å². The van der Waals surface area contributed by atoms with E-state index >= 15 is 4.39 Å². The topological polar surface area (TPSA) is 49.4 Å². The number of fused-ring (bicyclic) bond motifs is 2. The van der Waals surface area contributed by atoms with Crippen molar-refractivity contribution in [3.05, 3.63) is 77.6 Å². The van der Waals surface area contributed by atoms with Crippen molar-refractivity contribution >= 4 is 17.2 Å². The van der Waals surface area contributed by atoms with Crippen molar-refractivity contribution in [2.45, 2.75) is 45.9 Å². The molecule has 0 bridgehead atoms. The predicted molar refractivity (Wildman–Crippen MR) is 132 cm³/mol. The third kappa shape index (κ3) is 4.01. The summed E-state index contributed by atoms with van der Waals surface area (Å²) in [5, 5.41) is 6.63. The first-order valence-electron chi connectivity index (χ1n) is 11.6. The number of nitrogens with one attached hydrogen (secondary N) is 2. The molecule has 1 aromatic heterocycles. The van der Waals surface area contributed by atoms with Crippen LogP contribution >= 0.6 is 0 Å². The number of pyridine rings is 1. The highest BCUT2D eigenvalue weighted by Crippen LogP contribution is 2.43. The van der Waals surface area contributed by atoms with Crippen LogP contribution in [-0.4, -0.2) is 23.7 Å². The first kappa shape index (κ1) is 22.3. The van der Waals surface area contributed by atoms with Gasteiger partial charge in [-0.1, -0.05) is 12.6 Å². The van der Waals surface area contributed by atoms with E-state index in [2.05, 4.69) is 34.3 Å². The molecule has 7 heteroatoms. The van der Waals surface area contributed by atoms with Gasteiger partial charge < -0.3 is 20.3 Å². The van der Waals surface area contributed by atoms with Crippen molar-refractivity contribution in [2.75, 3.05) is 16.8 Å². The Labute approximate surface area is 198 Å². The maximum Gasteiger partial charge on any atom is 0.179 e. The number of halogens is 2. The normalized spacial score (nSPS) is 17.3. The Kier molecular flexibility index (Phi) is 5.73. The summed E-state index contributed by atoms with van der Waals surface area (Å²) in [5.41, 5.74) is 5.39. The molecule has 2 aliphatic heterocycles. The minimum Gasteiger partial charge on any atom is -0.479 e. The third-order valence-electron chi connectivity index (χ3n) is 6.40. The van der Waals surface area contributed by atoms with Crippen LogP contribution in [0.1, 0.15) is 31.9 Å². The summed E-state index contributed by atoms with van der Waals surface area (Å²) >= 11 is 0. The number of rotatable bonds is 4. The highest BCUT2D eigenvalue weighted by atomic mass is 19.1. The van der Waals surface area contributed by atoms with Gasteiger partial charge in [0.05, 0.1) is 17.6 Å². The summed E-state index contributed by atoms with van der Waals surface area (Å²) in [6.45, 7) is 11.8. The first-order chi connectivity index (χ1) is 16.3. The molecule has 5 rings (SSSR count). The largest absolute Gasteiger partial charge is 0.479 e. The monoisotopic (exact) mass is 462 g/mol. The molecule has 3 heterocycles. The van der Waals surface area contributed by atoms with Crippen LogP contribution in [-0.2, 0) is 13.0 Å². The summed E-state index contributed by atoms with van der Waals surface area (Å²) in [7, 11) is 0. The van der Waals surface area contributed by atoms with Crippen LogP contribution in [0.2, 0.25) is 0 Å². The fourth-order valence-corrected chi connectivity index (χ4v) is 4.67. The van der Waals surface area contributed by atoms with Crippen molar-refractivity contribution in [1.29, 1.82) is 0 Å². The second-order valence-corrected chi connectivity index (χ2v) is 9.11.